The summed E-state index contributed by atoms with van der Waals surface area (Å²) in [6.07, 6.45) is 3.12. The Labute approximate surface area is 117 Å². The molecular formula is C12H19N5O3. The van der Waals surface area contributed by atoms with Gasteiger partial charge in [-0.1, -0.05) is 0 Å². The van der Waals surface area contributed by atoms with Crippen molar-refractivity contribution >= 4 is 17.5 Å². The first kappa shape index (κ1) is 14.4. The van der Waals surface area contributed by atoms with Crippen LogP contribution >= 0.6 is 0 Å². The van der Waals surface area contributed by atoms with Crippen molar-refractivity contribution in [1.29, 1.82) is 0 Å². The van der Waals surface area contributed by atoms with Gasteiger partial charge in [0.25, 0.3) is 0 Å². The van der Waals surface area contributed by atoms with E-state index in [2.05, 4.69) is 20.6 Å². The first-order valence-corrected chi connectivity index (χ1v) is 6.65. The molecule has 0 radical (unpaired) electrons. The Bertz CT molecular complexity index is 476. The first-order chi connectivity index (χ1) is 9.61. The van der Waals surface area contributed by atoms with Crippen molar-refractivity contribution in [2.45, 2.75) is 25.8 Å². The van der Waals surface area contributed by atoms with Gasteiger partial charge in [0.2, 0.25) is 11.8 Å². The zero-order valence-electron chi connectivity index (χ0n) is 11.6. The second-order valence-electron chi connectivity index (χ2n) is 4.82. The van der Waals surface area contributed by atoms with E-state index in [1.165, 1.54) is 6.20 Å². The van der Waals surface area contributed by atoms with Crippen LogP contribution in [-0.2, 0) is 4.74 Å². The average Bonchev–Trinajstić information content (AvgIpc) is 2.47. The van der Waals surface area contributed by atoms with Crippen molar-refractivity contribution < 1.29 is 9.66 Å². The molecule has 1 atom stereocenters. The largest absolute Gasteiger partial charge is 0.381 e. The van der Waals surface area contributed by atoms with Gasteiger partial charge >= 0.3 is 5.69 Å². The number of nitrogens with zero attached hydrogens (tertiary/aromatic N) is 3. The van der Waals surface area contributed by atoms with Crippen LogP contribution in [0.5, 0.6) is 0 Å². The van der Waals surface area contributed by atoms with E-state index in [9.17, 15) is 10.1 Å². The molecule has 0 bridgehead atoms. The minimum atomic E-state index is -0.474. The van der Waals surface area contributed by atoms with Crippen molar-refractivity contribution in [3.8, 4) is 0 Å². The van der Waals surface area contributed by atoms with Gasteiger partial charge in [-0.05, 0) is 25.7 Å². The zero-order chi connectivity index (χ0) is 14.5. The van der Waals surface area contributed by atoms with E-state index in [-0.39, 0.29) is 17.5 Å². The van der Waals surface area contributed by atoms with Gasteiger partial charge in [0.05, 0.1) is 4.92 Å². The monoisotopic (exact) mass is 281 g/mol. The minimum absolute atomic E-state index is 0.0946. The molecule has 1 aromatic rings. The van der Waals surface area contributed by atoms with Gasteiger partial charge in [-0.2, -0.15) is 4.98 Å². The van der Waals surface area contributed by atoms with E-state index < -0.39 is 4.92 Å². The molecule has 2 N–H and O–H groups in total. The van der Waals surface area contributed by atoms with Crippen molar-refractivity contribution in [2.24, 2.45) is 5.92 Å². The minimum Gasteiger partial charge on any atom is -0.381 e. The van der Waals surface area contributed by atoms with Gasteiger partial charge in [-0.3, -0.25) is 10.1 Å². The second-order valence-corrected chi connectivity index (χ2v) is 4.82. The number of rotatable bonds is 5. The highest BCUT2D eigenvalue weighted by Gasteiger charge is 2.24. The highest BCUT2D eigenvalue weighted by Crippen LogP contribution is 2.26. The SMILES string of the molecule is CNc1ncc([N+](=O)[O-])c(NC(C)C2CCOCC2)n1. The lowest BCUT2D eigenvalue weighted by atomic mass is 9.93. The van der Waals surface area contributed by atoms with Crippen LogP contribution in [0.4, 0.5) is 17.5 Å². The third-order valence-corrected chi connectivity index (χ3v) is 3.53. The summed E-state index contributed by atoms with van der Waals surface area (Å²) in [7, 11) is 1.67. The van der Waals surface area contributed by atoms with Crippen LogP contribution in [0.3, 0.4) is 0 Å². The van der Waals surface area contributed by atoms with Gasteiger partial charge in [0, 0.05) is 26.3 Å². The molecule has 2 heterocycles. The van der Waals surface area contributed by atoms with Crippen LogP contribution in [0.2, 0.25) is 0 Å². The maximum atomic E-state index is 11.0. The van der Waals surface area contributed by atoms with E-state index in [1.54, 1.807) is 7.05 Å². The summed E-state index contributed by atoms with van der Waals surface area (Å²) in [6.45, 7) is 3.50. The number of hydrogen-bond donors (Lipinski definition) is 2. The molecule has 0 aliphatic carbocycles. The Morgan fingerprint density at radius 2 is 2.20 bits per heavy atom. The number of anilines is 2. The molecule has 1 saturated heterocycles. The standard InChI is InChI=1S/C12H19N5O3/c1-8(9-3-5-20-6-4-9)15-11-10(17(18)19)7-14-12(13-2)16-11/h7-9H,3-6H2,1-2H3,(H2,13,14,15,16). The van der Waals surface area contributed by atoms with Crippen molar-refractivity contribution in [3.05, 3.63) is 16.3 Å². The molecular weight excluding hydrogens is 262 g/mol. The predicted molar refractivity (Wildman–Crippen MR) is 74.9 cm³/mol. The van der Waals surface area contributed by atoms with E-state index in [0.29, 0.717) is 11.9 Å². The highest BCUT2D eigenvalue weighted by atomic mass is 16.6. The Morgan fingerprint density at radius 3 is 2.80 bits per heavy atom. The second kappa shape index (κ2) is 6.47. The summed E-state index contributed by atoms with van der Waals surface area (Å²) >= 11 is 0. The average molecular weight is 281 g/mol. The molecule has 1 fully saturated rings. The Hall–Kier alpha value is -1.96. The summed E-state index contributed by atoms with van der Waals surface area (Å²) in [4.78, 5) is 18.6. The van der Waals surface area contributed by atoms with Crippen LogP contribution < -0.4 is 10.6 Å². The van der Waals surface area contributed by atoms with E-state index >= 15 is 0 Å². The smallest absolute Gasteiger partial charge is 0.329 e. The third-order valence-electron chi connectivity index (χ3n) is 3.53. The molecule has 1 aliphatic rings. The molecule has 1 aliphatic heterocycles. The molecule has 8 nitrogen and oxygen atoms in total. The molecule has 0 spiro atoms. The summed E-state index contributed by atoms with van der Waals surface area (Å²) in [6, 6.07) is 0.0946. The summed E-state index contributed by atoms with van der Waals surface area (Å²) < 4.78 is 5.33. The molecule has 1 unspecified atom stereocenters. The van der Waals surface area contributed by atoms with E-state index in [4.69, 9.17) is 4.74 Å². The summed E-state index contributed by atoms with van der Waals surface area (Å²) in [5.41, 5.74) is -0.108. The fraction of sp³-hybridized carbons (Fsp3) is 0.667. The summed E-state index contributed by atoms with van der Waals surface area (Å²) in [5.74, 6) is 1.04. The molecule has 110 valence electrons. The third kappa shape index (κ3) is 3.32. The van der Waals surface area contributed by atoms with Crippen LogP contribution in [0, 0.1) is 16.0 Å². The van der Waals surface area contributed by atoms with Gasteiger partial charge in [-0.25, -0.2) is 4.98 Å². The Balaban J connectivity index is 2.15. The lowest BCUT2D eigenvalue weighted by molar-refractivity contribution is -0.384. The van der Waals surface area contributed by atoms with Crippen LogP contribution in [0.25, 0.3) is 0 Å². The number of aromatic nitrogens is 2. The van der Waals surface area contributed by atoms with Gasteiger partial charge in [0.15, 0.2) is 0 Å². The van der Waals surface area contributed by atoms with Crippen LogP contribution in [0.1, 0.15) is 19.8 Å². The molecule has 0 aromatic carbocycles. The van der Waals surface area contributed by atoms with Gasteiger partial charge in [-0.15, -0.1) is 0 Å². The Kier molecular flexibility index (Phi) is 4.67. The van der Waals surface area contributed by atoms with Gasteiger partial charge in [0.1, 0.15) is 6.20 Å². The lowest BCUT2D eigenvalue weighted by Crippen LogP contribution is -2.31. The molecule has 0 amide bonds. The van der Waals surface area contributed by atoms with Crippen molar-refractivity contribution in [3.63, 3.8) is 0 Å². The number of nitro groups is 1. The predicted octanol–water partition coefficient (Wildman–Crippen LogP) is 1.65. The zero-order valence-corrected chi connectivity index (χ0v) is 11.6. The fourth-order valence-corrected chi connectivity index (χ4v) is 2.29. The molecule has 1 aromatic heterocycles. The normalized spacial score (nSPS) is 17.5. The number of hydrogen-bond acceptors (Lipinski definition) is 7. The quantitative estimate of drug-likeness (QED) is 0.625. The molecule has 2 rings (SSSR count). The Morgan fingerprint density at radius 1 is 1.50 bits per heavy atom. The maximum Gasteiger partial charge on any atom is 0.329 e. The fourth-order valence-electron chi connectivity index (χ4n) is 2.29. The van der Waals surface area contributed by atoms with Crippen molar-refractivity contribution in [1.82, 2.24) is 9.97 Å². The highest BCUT2D eigenvalue weighted by molar-refractivity contribution is 5.57. The number of ether oxygens (including phenoxy) is 1. The first-order valence-electron chi connectivity index (χ1n) is 6.65. The maximum absolute atomic E-state index is 11.0. The van der Waals surface area contributed by atoms with Crippen molar-refractivity contribution in [2.75, 3.05) is 30.9 Å². The summed E-state index contributed by atoms with van der Waals surface area (Å²) in [5, 5.41) is 17.0. The lowest BCUT2D eigenvalue weighted by Gasteiger charge is -2.28. The molecule has 20 heavy (non-hydrogen) atoms. The van der Waals surface area contributed by atoms with E-state index in [0.717, 1.165) is 26.1 Å². The van der Waals surface area contributed by atoms with E-state index in [1.807, 2.05) is 6.92 Å². The van der Waals surface area contributed by atoms with Crippen LogP contribution in [-0.4, -0.2) is 41.2 Å². The topological polar surface area (TPSA) is 102 Å². The van der Waals surface area contributed by atoms with Gasteiger partial charge < -0.3 is 15.4 Å². The molecule has 0 saturated carbocycles. The number of nitrogens with one attached hydrogen (secondary N) is 2. The molecule has 8 heteroatoms. The van der Waals surface area contributed by atoms with Crippen LogP contribution in [0.15, 0.2) is 6.20 Å².